The third-order valence-corrected chi connectivity index (χ3v) is 3.80. The van der Waals surface area contributed by atoms with Crippen LogP contribution in [0.5, 0.6) is 0 Å². The fourth-order valence-electron chi connectivity index (χ4n) is 2.01. The molecule has 1 heterocycles. The number of methoxy groups -OCH3 is 1. The number of carbonyl (C=O) groups excluding carboxylic acids is 1. The Balaban J connectivity index is 2.82. The van der Waals surface area contributed by atoms with Crippen molar-refractivity contribution >= 4 is 17.3 Å². The second kappa shape index (κ2) is 5.19. The van der Waals surface area contributed by atoms with Gasteiger partial charge in [0.1, 0.15) is 5.54 Å². The van der Waals surface area contributed by atoms with Gasteiger partial charge in [-0.3, -0.25) is 10.1 Å². The van der Waals surface area contributed by atoms with E-state index in [1.165, 1.54) is 22.4 Å². The maximum atomic E-state index is 11.6. The molecule has 4 heteroatoms. The zero-order chi connectivity index (χ0) is 13.2. The molecule has 3 nitrogen and oxygen atoms in total. The van der Waals surface area contributed by atoms with Crippen LogP contribution in [0.15, 0.2) is 6.07 Å². The van der Waals surface area contributed by atoms with E-state index in [9.17, 15) is 4.79 Å². The van der Waals surface area contributed by atoms with Crippen molar-refractivity contribution in [1.29, 1.82) is 0 Å². The molecule has 0 aliphatic carbocycles. The molecular weight excluding hydrogens is 234 g/mol. The lowest BCUT2D eigenvalue weighted by atomic mass is 10.0. The number of carbonyl (C=O) groups is 1. The minimum Gasteiger partial charge on any atom is -0.468 e. The molecule has 0 amide bonds. The molecule has 1 unspecified atom stereocenters. The summed E-state index contributed by atoms with van der Waals surface area (Å²) in [5.74, 6) is -0.242. The second-order valence-corrected chi connectivity index (χ2v) is 6.31. The highest BCUT2D eigenvalue weighted by molar-refractivity contribution is 7.12. The summed E-state index contributed by atoms with van der Waals surface area (Å²) in [5.41, 5.74) is 0.584. The number of ether oxygens (including phenoxy) is 1. The Hall–Kier alpha value is -0.870. The molecule has 1 aromatic heterocycles. The van der Waals surface area contributed by atoms with Crippen molar-refractivity contribution in [2.75, 3.05) is 7.11 Å². The summed E-state index contributed by atoms with van der Waals surface area (Å²) < 4.78 is 4.79. The summed E-state index contributed by atoms with van der Waals surface area (Å²) in [4.78, 5) is 14.2. The van der Waals surface area contributed by atoms with Gasteiger partial charge in [0.15, 0.2) is 0 Å². The molecule has 0 radical (unpaired) electrons. The number of esters is 1. The van der Waals surface area contributed by atoms with Gasteiger partial charge in [-0.2, -0.15) is 0 Å². The fourth-order valence-corrected chi connectivity index (χ4v) is 3.04. The van der Waals surface area contributed by atoms with Crippen molar-refractivity contribution in [3.05, 3.63) is 21.4 Å². The summed E-state index contributed by atoms with van der Waals surface area (Å²) >= 11 is 1.78. The lowest BCUT2D eigenvalue weighted by Crippen LogP contribution is -2.48. The number of thiophene rings is 1. The standard InChI is InChI=1S/C13H21NO2S/c1-8-7-11(10(3)17-8)9(2)14-13(4,5)12(15)16-6/h7,9,14H,1-6H3. The van der Waals surface area contributed by atoms with E-state index in [1.54, 1.807) is 11.3 Å². The van der Waals surface area contributed by atoms with Gasteiger partial charge in [0, 0.05) is 15.8 Å². The summed E-state index contributed by atoms with van der Waals surface area (Å²) in [6.07, 6.45) is 0. The molecule has 17 heavy (non-hydrogen) atoms. The average Bonchev–Trinajstić information content (AvgIpc) is 2.56. The van der Waals surface area contributed by atoms with Crippen LogP contribution >= 0.6 is 11.3 Å². The normalized spacial score (nSPS) is 13.5. The summed E-state index contributed by atoms with van der Waals surface area (Å²) in [5, 5.41) is 3.31. The maximum Gasteiger partial charge on any atom is 0.325 e. The van der Waals surface area contributed by atoms with Gasteiger partial charge < -0.3 is 4.74 Å². The summed E-state index contributed by atoms with van der Waals surface area (Å²) in [7, 11) is 1.41. The fraction of sp³-hybridized carbons (Fsp3) is 0.615. The number of hydrogen-bond donors (Lipinski definition) is 1. The quantitative estimate of drug-likeness (QED) is 0.841. The van der Waals surface area contributed by atoms with Crippen LogP contribution in [-0.2, 0) is 9.53 Å². The zero-order valence-electron chi connectivity index (χ0n) is 11.4. The number of nitrogens with one attached hydrogen (secondary N) is 1. The van der Waals surface area contributed by atoms with Gasteiger partial charge in [-0.25, -0.2) is 0 Å². The monoisotopic (exact) mass is 255 g/mol. The van der Waals surface area contributed by atoms with Crippen LogP contribution < -0.4 is 5.32 Å². The van der Waals surface area contributed by atoms with E-state index in [2.05, 4.69) is 32.2 Å². The van der Waals surface area contributed by atoms with E-state index in [0.717, 1.165) is 0 Å². The summed E-state index contributed by atoms with van der Waals surface area (Å²) in [6, 6.07) is 2.31. The van der Waals surface area contributed by atoms with E-state index in [0.29, 0.717) is 0 Å². The van der Waals surface area contributed by atoms with Gasteiger partial charge in [0.25, 0.3) is 0 Å². The lowest BCUT2D eigenvalue weighted by Gasteiger charge is -2.27. The topological polar surface area (TPSA) is 38.3 Å². The van der Waals surface area contributed by atoms with Crippen molar-refractivity contribution < 1.29 is 9.53 Å². The van der Waals surface area contributed by atoms with Crippen LogP contribution in [0.25, 0.3) is 0 Å². The Kier molecular flexibility index (Phi) is 4.33. The molecule has 1 atom stereocenters. The predicted octanol–water partition coefficient (Wildman–Crippen LogP) is 2.97. The molecule has 0 saturated carbocycles. The third kappa shape index (κ3) is 3.30. The Morgan fingerprint density at radius 1 is 1.47 bits per heavy atom. The highest BCUT2D eigenvalue weighted by Crippen LogP contribution is 2.27. The number of aryl methyl sites for hydroxylation is 2. The van der Waals surface area contributed by atoms with E-state index >= 15 is 0 Å². The van der Waals surface area contributed by atoms with Crippen molar-refractivity contribution in [3.63, 3.8) is 0 Å². The largest absolute Gasteiger partial charge is 0.468 e. The Morgan fingerprint density at radius 3 is 2.47 bits per heavy atom. The van der Waals surface area contributed by atoms with Crippen LogP contribution in [0.2, 0.25) is 0 Å². The van der Waals surface area contributed by atoms with Gasteiger partial charge in [-0.1, -0.05) is 0 Å². The van der Waals surface area contributed by atoms with Gasteiger partial charge in [-0.05, 0) is 46.2 Å². The molecule has 0 aliphatic rings. The van der Waals surface area contributed by atoms with Crippen molar-refractivity contribution in [3.8, 4) is 0 Å². The molecule has 0 spiro atoms. The molecule has 1 rings (SSSR count). The summed E-state index contributed by atoms with van der Waals surface area (Å²) in [6.45, 7) is 9.95. The van der Waals surface area contributed by atoms with E-state index in [1.807, 2.05) is 13.8 Å². The van der Waals surface area contributed by atoms with Crippen LogP contribution in [0.4, 0.5) is 0 Å². The average molecular weight is 255 g/mol. The van der Waals surface area contributed by atoms with E-state index < -0.39 is 5.54 Å². The molecule has 0 saturated heterocycles. The van der Waals surface area contributed by atoms with Crippen LogP contribution in [0.3, 0.4) is 0 Å². The Morgan fingerprint density at radius 2 is 2.06 bits per heavy atom. The number of hydrogen-bond acceptors (Lipinski definition) is 4. The van der Waals surface area contributed by atoms with Crippen molar-refractivity contribution in [2.24, 2.45) is 0 Å². The molecule has 96 valence electrons. The van der Waals surface area contributed by atoms with Crippen LogP contribution in [-0.4, -0.2) is 18.6 Å². The molecule has 0 aliphatic heterocycles. The highest BCUT2D eigenvalue weighted by atomic mass is 32.1. The van der Waals surface area contributed by atoms with E-state index in [4.69, 9.17) is 4.74 Å². The third-order valence-electron chi connectivity index (χ3n) is 2.82. The Bertz CT molecular complexity index is 410. The minimum atomic E-state index is -0.670. The van der Waals surface area contributed by atoms with Gasteiger partial charge in [0.05, 0.1) is 7.11 Å². The first-order chi connectivity index (χ1) is 7.77. The molecule has 1 N–H and O–H groups in total. The SMILES string of the molecule is COC(=O)C(C)(C)NC(C)c1cc(C)sc1C. The molecule has 1 aromatic rings. The molecule has 0 aromatic carbocycles. The first kappa shape index (κ1) is 14.2. The van der Waals surface area contributed by atoms with Crippen LogP contribution in [0, 0.1) is 13.8 Å². The first-order valence-corrected chi connectivity index (χ1v) is 6.52. The zero-order valence-corrected chi connectivity index (χ0v) is 12.2. The number of rotatable bonds is 4. The first-order valence-electron chi connectivity index (χ1n) is 5.71. The van der Waals surface area contributed by atoms with Gasteiger partial charge in [0.2, 0.25) is 0 Å². The van der Waals surface area contributed by atoms with Crippen molar-refractivity contribution in [1.82, 2.24) is 5.32 Å². The van der Waals surface area contributed by atoms with Gasteiger partial charge >= 0.3 is 5.97 Å². The second-order valence-electron chi connectivity index (χ2n) is 4.85. The predicted molar refractivity (Wildman–Crippen MR) is 71.4 cm³/mol. The highest BCUT2D eigenvalue weighted by Gasteiger charge is 2.30. The van der Waals surface area contributed by atoms with Gasteiger partial charge in [-0.15, -0.1) is 11.3 Å². The van der Waals surface area contributed by atoms with Crippen LogP contribution in [0.1, 0.15) is 42.1 Å². The molecular formula is C13H21NO2S. The maximum absolute atomic E-state index is 11.6. The minimum absolute atomic E-state index is 0.133. The Labute approximate surface area is 107 Å². The van der Waals surface area contributed by atoms with E-state index in [-0.39, 0.29) is 12.0 Å². The lowest BCUT2D eigenvalue weighted by molar-refractivity contribution is -0.147. The smallest absolute Gasteiger partial charge is 0.325 e. The molecule has 0 bridgehead atoms. The molecule has 0 fully saturated rings. The van der Waals surface area contributed by atoms with Crippen molar-refractivity contribution in [2.45, 2.75) is 46.2 Å².